The first kappa shape index (κ1) is 19.8. The lowest BCUT2D eigenvalue weighted by molar-refractivity contribution is -0.384. The SMILES string of the molecule is Cc1ccc(C)c(OCCNC(=O)CSCc2ccc([N+](=O)[O-])cc2)c1. The Morgan fingerprint density at radius 2 is 1.92 bits per heavy atom. The third-order valence-corrected chi connectivity index (χ3v) is 4.68. The van der Waals surface area contributed by atoms with Crippen LogP contribution in [0.3, 0.4) is 0 Å². The molecular formula is C19H22N2O4S. The first-order valence-electron chi connectivity index (χ1n) is 8.23. The van der Waals surface area contributed by atoms with Gasteiger partial charge in [0.1, 0.15) is 12.4 Å². The van der Waals surface area contributed by atoms with E-state index in [2.05, 4.69) is 5.32 Å². The van der Waals surface area contributed by atoms with Gasteiger partial charge in [-0.1, -0.05) is 24.3 Å². The predicted molar refractivity (Wildman–Crippen MR) is 104 cm³/mol. The molecule has 0 aromatic heterocycles. The van der Waals surface area contributed by atoms with Gasteiger partial charge in [0.2, 0.25) is 5.91 Å². The fourth-order valence-corrected chi connectivity index (χ4v) is 3.06. The maximum absolute atomic E-state index is 11.8. The van der Waals surface area contributed by atoms with Crippen molar-refractivity contribution in [2.24, 2.45) is 0 Å². The number of nitrogens with zero attached hydrogens (tertiary/aromatic N) is 1. The summed E-state index contributed by atoms with van der Waals surface area (Å²) in [5, 5.41) is 13.4. The molecule has 2 rings (SSSR count). The molecule has 0 atom stereocenters. The first-order chi connectivity index (χ1) is 12.5. The lowest BCUT2D eigenvalue weighted by Gasteiger charge is -2.10. The van der Waals surface area contributed by atoms with E-state index in [1.54, 1.807) is 12.1 Å². The van der Waals surface area contributed by atoms with Crippen LogP contribution in [0.15, 0.2) is 42.5 Å². The predicted octanol–water partition coefficient (Wildman–Crippen LogP) is 3.64. The molecule has 0 aliphatic rings. The van der Waals surface area contributed by atoms with Gasteiger partial charge in [-0.15, -0.1) is 11.8 Å². The minimum absolute atomic E-state index is 0.0542. The molecular weight excluding hydrogens is 352 g/mol. The van der Waals surface area contributed by atoms with Crippen LogP contribution in [0.25, 0.3) is 0 Å². The minimum Gasteiger partial charge on any atom is -0.491 e. The molecule has 0 aliphatic carbocycles. The quantitative estimate of drug-likeness (QED) is 0.412. The molecule has 2 aromatic carbocycles. The van der Waals surface area contributed by atoms with E-state index >= 15 is 0 Å². The van der Waals surface area contributed by atoms with Crippen molar-refractivity contribution < 1.29 is 14.5 Å². The standard InChI is InChI=1S/C19H22N2O4S/c1-14-3-4-15(2)18(11-14)25-10-9-20-19(22)13-26-12-16-5-7-17(8-6-16)21(23)24/h3-8,11H,9-10,12-13H2,1-2H3,(H,20,22). The monoisotopic (exact) mass is 374 g/mol. The summed E-state index contributed by atoms with van der Waals surface area (Å²) in [7, 11) is 0. The number of non-ortho nitro benzene ring substituents is 1. The van der Waals surface area contributed by atoms with Gasteiger partial charge in [0, 0.05) is 17.9 Å². The minimum atomic E-state index is -0.426. The molecule has 7 heteroatoms. The molecule has 0 fully saturated rings. The number of nitro benzene ring substituents is 1. The second-order valence-electron chi connectivity index (χ2n) is 5.88. The van der Waals surface area contributed by atoms with E-state index in [1.807, 2.05) is 32.0 Å². The molecule has 26 heavy (non-hydrogen) atoms. The van der Waals surface area contributed by atoms with Gasteiger partial charge in [-0.3, -0.25) is 14.9 Å². The molecule has 0 spiro atoms. The Morgan fingerprint density at radius 1 is 1.19 bits per heavy atom. The Bertz CT molecular complexity index is 763. The molecule has 138 valence electrons. The number of carbonyl (C=O) groups excluding carboxylic acids is 1. The molecule has 1 amide bonds. The largest absolute Gasteiger partial charge is 0.491 e. The average molecular weight is 374 g/mol. The van der Waals surface area contributed by atoms with Crippen LogP contribution in [0.5, 0.6) is 5.75 Å². The van der Waals surface area contributed by atoms with E-state index in [4.69, 9.17) is 4.74 Å². The van der Waals surface area contributed by atoms with Gasteiger partial charge in [0.15, 0.2) is 0 Å². The maximum Gasteiger partial charge on any atom is 0.269 e. The highest BCUT2D eigenvalue weighted by Gasteiger charge is 2.06. The third-order valence-electron chi connectivity index (χ3n) is 3.67. The van der Waals surface area contributed by atoms with Crippen molar-refractivity contribution in [3.63, 3.8) is 0 Å². The van der Waals surface area contributed by atoms with E-state index in [0.29, 0.717) is 24.7 Å². The molecule has 0 unspecified atom stereocenters. The number of hydrogen-bond acceptors (Lipinski definition) is 5. The topological polar surface area (TPSA) is 81.5 Å². The number of hydrogen-bond donors (Lipinski definition) is 1. The highest BCUT2D eigenvalue weighted by Crippen LogP contribution is 2.19. The van der Waals surface area contributed by atoms with Crippen LogP contribution in [0.1, 0.15) is 16.7 Å². The van der Waals surface area contributed by atoms with Gasteiger partial charge in [-0.05, 0) is 36.6 Å². The van der Waals surface area contributed by atoms with Crippen LogP contribution in [0, 0.1) is 24.0 Å². The Hall–Kier alpha value is -2.54. The van der Waals surface area contributed by atoms with Crippen LogP contribution in [0.4, 0.5) is 5.69 Å². The number of rotatable bonds is 9. The lowest BCUT2D eigenvalue weighted by atomic mass is 10.1. The Balaban J connectivity index is 1.63. The van der Waals surface area contributed by atoms with Crippen LogP contribution in [-0.4, -0.2) is 29.7 Å². The summed E-state index contributed by atoms with van der Waals surface area (Å²) in [4.78, 5) is 22.0. The summed E-state index contributed by atoms with van der Waals surface area (Å²) >= 11 is 1.46. The molecule has 2 aromatic rings. The maximum atomic E-state index is 11.8. The van der Waals surface area contributed by atoms with Crippen molar-refractivity contribution in [1.29, 1.82) is 0 Å². The highest BCUT2D eigenvalue weighted by atomic mass is 32.2. The van der Waals surface area contributed by atoms with Crippen LogP contribution in [0.2, 0.25) is 0 Å². The van der Waals surface area contributed by atoms with Crippen molar-refractivity contribution >= 4 is 23.4 Å². The molecule has 0 saturated heterocycles. The number of aryl methyl sites for hydroxylation is 2. The summed E-state index contributed by atoms with van der Waals surface area (Å²) in [5.74, 6) is 1.75. The molecule has 1 N–H and O–H groups in total. The van der Waals surface area contributed by atoms with Crippen molar-refractivity contribution in [1.82, 2.24) is 5.32 Å². The first-order valence-corrected chi connectivity index (χ1v) is 9.39. The molecule has 0 heterocycles. The highest BCUT2D eigenvalue weighted by molar-refractivity contribution is 7.99. The third kappa shape index (κ3) is 6.40. The van der Waals surface area contributed by atoms with E-state index in [-0.39, 0.29) is 11.6 Å². The number of ether oxygens (including phenoxy) is 1. The Morgan fingerprint density at radius 3 is 2.62 bits per heavy atom. The van der Waals surface area contributed by atoms with Gasteiger partial charge in [0.25, 0.3) is 5.69 Å². The second kappa shape index (κ2) is 9.82. The number of nitrogens with one attached hydrogen (secondary N) is 1. The van der Waals surface area contributed by atoms with Gasteiger partial charge < -0.3 is 10.1 Å². The zero-order chi connectivity index (χ0) is 18.9. The number of carbonyl (C=O) groups is 1. The number of benzene rings is 2. The fraction of sp³-hybridized carbons (Fsp3) is 0.316. The van der Waals surface area contributed by atoms with E-state index in [0.717, 1.165) is 22.4 Å². The summed E-state index contributed by atoms with van der Waals surface area (Å²) < 4.78 is 5.70. The molecule has 0 bridgehead atoms. The van der Waals surface area contributed by atoms with Crippen LogP contribution in [-0.2, 0) is 10.5 Å². The molecule has 0 saturated carbocycles. The molecule has 0 aliphatic heterocycles. The smallest absolute Gasteiger partial charge is 0.269 e. The fourth-order valence-electron chi connectivity index (χ4n) is 2.24. The van der Waals surface area contributed by atoms with E-state index in [9.17, 15) is 14.9 Å². The number of amides is 1. The normalized spacial score (nSPS) is 10.4. The zero-order valence-corrected chi connectivity index (χ0v) is 15.7. The van der Waals surface area contributed by atoms with Crippen LogP contribution >= 0.6 is 11.8 Å². The lowest BCUT2D eigenvalue weighted by Crippen LogP contribution is -2.29. The van der Waals surface area contributed by atoms with Crippen molar-refractivity contribution in [3.05, 3.63) is 69.3 Å². The number of nitro groups is 1. The summed E-state index contributed by atoms with van der Waals surface area (Å²) in [5.41, 5.74) is 3.23. The van der Waals surface area contributed by atoms with E-state index < -0.39 is 4.92 Å². The molecule has 6 nitrogen and oxygen atoms in total. The Labute approximate surface area is 157 Å². The second-order valence-corrected chi connectivity index (χ2v) is 6.87. The zero-order valence-electron chi connectivity index (χ0n) is 14.9. The van der Waals surface area contributed by atoms with Crippen molar-refractivity contribution in [2.45, 2.75) is 19.6 Å². The van der Waals surface area contributed by atoms with Gasteiger partial charge in [-0.2, -0.15) is 0 Å². The van der Waals surface area contributed by atoms with Crippen molar-refractivity contribution in [2.75, 3.05) is 18.9 Å². The molecule has 0 radical (unpaired) electrons. The van der Waals surface area contributed by atoms with E-state index in [1.165, 1.54) is 23.9 Å². The average Bonchev–Trinajstić information content (AvgIpc) is 2.62. The van der Waals surface area contributed by atoms with Crippen LogP contribution < -0.4 is 10.1 Å². The summed E-state index contributed by atoms with van der Waals surface area (Å²) in [6.07, 6.45) is 0. The van der Waals surface area contributed by atoms with Crippen molar-refractivity contribution in [3.8, 4) is 5.75 Å². The van der Waals surface area contributed by atoms with Gasteiger partial charge in [0.05, 0.1) is 17.2 Å². The summed E-state index contributed by atoms with van der Waals surface area (Å²) in [6.45, 7) is 4.87. The number of thioether (sulfide) groups is 1. The van der Waals surface area contributed by atoms with Gasteiger partial charge in [-0.25, -0.2) is 0 Å². The summed E-state index contributed by atoms with van der Waals surface area (Å²) in [6, 6.07) is 12.4. The Kier molecular flexibility index (Phi) is 7.47. The van der Waals surface area contributed by atoms with Gasteiger partial charge >= 0.3 is 0 Å².